The highest BCUT2D eigenvalue weighted by Crippen LogP contribution is 2.26. The van der Waals surface area contributed by atoms with Crippen LogP contribution in [0.1, 0.15) is 13.3 Å². The molecular formula is C11H16N2O4S2. The van der Waals surface area contributed by atoms with Crippen LogP contribution in [0.15, 0.2) is 24.3 Å². The van der Waals surface area contributed by atoms with Crippen molar-refractivity contribution in [2.24, 2.45) is 0 Å². The molecule has 0 aliphatic carbocycles. The van der Waals surface area contributed by atoms with Gasteiger partial charge in [0, 0.05) is 6.54 Å². The molecule has 106 valence electrons. The van der Waals surface area contributed by atoms with E-state index in [1.54, 1.807) is 18.2 Å². The molecule has 1 aromatic carbocycles. The monoisotopic (exact) mass is 304 g/mol. The van der Waals surface area contributed by atoms with Gasteiger partial charge in [-0.15, -0.1) is 0 Å². The van der Waals surface area contributed by atoms with Gasteiger partial charge < -0.3 is 0 Å². The fourth-order valence-electron chi connectivity index (χ4n) is 1.91. The summed E-state index contributed by atoms with van der Waals surface area (Å²) in [4.78, 5) is 0. The van der Waals surface area contributed by atoms with Gasteiger partial charge in [-0.3, -0.25) is 9.03 Å². The molecule has 0 aromatic heterocycles. The van der Waals surface area contributed by atoms with E-state index < -0.39 is 20.0 Å². The summed E-state index contributed by atoms with van der Waals surface area (Å²) in [6.07, 6.45) is 0.591. The van der Waals surface area contributed by atoms with E-state index in [-0.39, 0.29) is 11.5 Å². The number of hydrogen-bond donors (Lipinski definition) is 1. The zero-order valence-electron chi connectivity index (χ0n) is 10.5. The lowest BCUT2D eigenvalue weighted by atomic mass is 10.3. The van der Waals surface area contributed by atoms with Crippen molar-refractivity contribution in [1.82, 2.24) is 0 Å². The normalized spacial score (nSPS) is 18.5. The average molecular weight is 304 g/mol. The zero-order chi connectivity index (χ0) is 14.1. The lowest BCUT2D eigenvalue weighted by Gasteiger charge is -2.17. The number of nitrogens with zero attached hydrogens (tertiary/aromatic N) is 1. The highest BCUT2D eigenvalue weighted by molar-refractivity contribution is 7.93. The van der Waals surface area contributed by atoms with E-state index in [0.29, 0.717) is 24.3 Å². The Morgan fingerprint density at radius 2 is 2.11 bits per heavy atom. The number of sulfonamides is 2. The van der Waals surface area contributed by atoms with Crippen LogP contribution in [-0.4, -0.2) is 34.9 Å². The maximum absolute atomic E-state index is 11.8. The first kappa shape index (κ1) is 14.1. The Hall–Kier alpha value is -1.28. The summed E-state index contributed by atoms with van der Waals surface area (Å²) in [6, 6.07) is 6.43. The lowest BCUT2D eigenvalue weighted by molar-refractivity contribution is 0.599. The topological polar surface area (TPSA) is 83.6 Å². The first-order chi connectivity index (χ1) is 8.84. The van der Waals surface area contributed by atoms with Gasteiger partial charge in [-0.25, -0.2) is 16.8 Å². The van der Waals surface area contributed by atoms with Gasteiger partial charge >= 0.3 is 0 Å². The van der Waals surface area contributed by atoms with Crippen molar-refractivity contribution in [2.75, 3.05) is 27.1 Å². The van der Waals surface area contributed by atoms with Crippen molar-refractivity contribution in [3.8, 4) is 0 Å². The molecule has 0 radical (unpaired) electrons. The second-order valence-electron chi connectivity index (χ2n) is 4.30. The van der Waals surface area contributed by atoms with Crippen molar-refractivity contribution in [3.63, 3.8) is 0 Å². The Labute approximate surface area is 113 Å². The zero-order valence-corrected chi connectivity index (χ0v) is 12.2. The van der Waals surface area contributed by atoms with Crippen LogP contribution in [0.25, 0.3) is 0 Å². The Bertz CT molecular complexity index is 668. The summed E-state index contributed by atoms with van der Waals surface area (Å²) in [5, 5.41) is 0. The smallest absolute Gasteiger partial charge is 0.235 e. The minimum atomic E-state index is -3.36. The van der Waals surface area contributed by atoms with E-state index in [1.165, 1.54) is 17.3 Å². The van der Waals surface area contributed by atoms with Gasteiger partial charge in [-0.1, -0.05) is 6.07 Å². The first-order valence-corrected chi connectivity index (χ1v) is 9.21. The summed E-state index contributed by atoms with van der Waals surface area (Å²) in [5.74, 6) is 0.108. The summed E-state index contributed by atoms with van der Waals surface area (Å²) >= 11 is 0. The molecule has 1 saturated heterocycles. The summed E-state index contributed by atoms with van der Waals surface area (Å²) < 4.78 is 50.3. The summed E-state index contributed by atoms with van der Waals surface area (Å²) in [6.45, 7) is 1.98. The predicted octanol–water partition coefficient (Wildman–Crippen LogP) is 0.988. The molecule has 1 fully saturated rings. The molecule has 0 unspecified atom stereocenters. The molecule has 0 amide bonds. The van der Waals surface area contributed by atoms with Gasteiger partial charge in [0.05, 0.1) is 22.9 Å². The lowest BCUT2D eigenvalue weighted by Crippen LogP contribution is -2.25. The SMILES string of the molecule is CCS(=O)(=O)Nc1cccc(N2CCCS2(=O)=O)c1. The van der Waals surface area contributed by atoms with Crippen molar-refractivity contribution < 1.29 is 16.8 Å². The molecule has 0 spiro atoms. The Balaban J connectivity index is 2.30. The standard InChI is InChI=1S/C11H16N2O4S2/c1-2-18(14,15)12-10-5-3-6-11(9-10)13-7-4-8-19(13,16)17/h3,5-6,9,12H,2,4,7-8H2,1H3. The third kappa shape index (κ3) is 3.19. The quantitative estimate of drug-likeness (QED) is 0.899. The maximum Gasteiger partial charge on any atom is 0.235 e. The third-order valence-electron chi connectivity index (χ3n) is 2.89. The van der Waals surface area contributed by atoms with Crippen LogP contribution < -0.4 is 9.03 Å². The van der Waals surface area contributed by atoms with Gasteiger partial charge in [0.25, 0.3) is 0 Å². The molecule has 6 nitrogen and oxygen atoms in total. The molecule has 1 aliphatic rings. The minimum Gasteiger partial charge on any atom is -0.283 e. The van der Waals surface area contributed by atoms with Crippen LogP contribution in [0.4, 0.5) is 11.4 Å². The van der Waals surface area contributed by atoms with Crippen LogP contribution >= 0.6 is 0 Å². The molecule has 0 atom stereocenters. The molecule has 19 heavy (non-hydrogen) atoms. The molecule has 1 aliphatic heterocycles. The largest absolute Gasteiger partial charge is 0.283 e. The fraction of sp³-hybridized carbons (Fsp3) is 0.455. The molecule has 0 bridgehead atoms. The van der Waals surface area contributed by atoms with Gasteiger partial charge in [0.15, 0.2) is 0 Å². The van der Waals surface area contributed by atoms with Gasteiger partial charge in [-0.05, 0) is 31.5 Å². The molecule has 1 aromatic rings. The van der Waals surface area contributed by atoms with Crippen LogP contribution in [-0.2, 0) is 20.0 Å². The van der Waals surface area contributed by atoms with E-state index in [9.17, 15) is 16.8 Å². The molecule has 0 saturated carbocycles. The number of rotatable bonds is 4. The molecule has 1 N–H and O–H groups in total. The molecule has 1 heterocycles. The predicted molar refractivity (Wildman–Crippen MR) is 75.3 cm³/mol. The van der Waals surface area contributed by atoms with Crippen LogP contribution in [0.5, 0.6) is 0 Å². The minimum absolute atomic E-state index is 0.0285. The Morgan fingerprint density at radius 3 is 2.68 bits per heavy atom. The second-order valence-corrected chi connectivity index (χ2v) is 8.32. The molecule has 2 rings (SSSR count). The average Bonchev–Trinajstić information content (AvgIpc) is 2.69. The van der Waals surface area contributed by atoms with E-state index >= 15 is 0 Å². The Morgan fingerprint density at radius 1 is 1.37 bits per heavy atom. The second kappa shape index (κ2) is 5.01. The third-order valence-corrected chi connectivity index (χ3v) is 6.06. The Kier molecular flexibility index (Phi) is 3.73. The van der Waals surface area contributed by atoms with Crippen LogP contribution in [0.2, 0.25) is 0 Å². The summed E-state index contributed by atoms with van der Waals surface area (Å²) in [5.41, 5.74) is 0.871. The number of hydrogen-bond acceptors (Lipinski definition) is 4. The van der Waals surface area contributed by atoms with Gasteiger partial charge in [0.2, 0.25) is 20.0 Å². The van der Waals surface area contributed by atoms with E-state index in [4.69, 9.17) is 0 Å². The number of benzene rings is 1. The van der Waals surface area contributed by atoms with Gasteiger partial charge in [-0.2, -0.15) is 0 Å². The molecule has 8 heteroatoms. The number of anilines is 2. The highest BCUT2D eigenvalue weighted by Gasteiger charge is 2.28. The van der Waals surface area contributed by atoms with Crippen molar-refractivity contribution in [3.05, 3.63) is 24.3 Å². The van der Waals surface area contributed by atoms with Crippen LogP contribution in [0.3, 0.4) is 0 Å². The maximum atomic E-state index is 11.8. The van der Waals surface area contributed by atoms with Gasteiger partial charge in [0.1, 0.15) is 0 Å². The van der Waals surface area contributed by atoms with E-state index in [1.807, 2.05) is 0 Å². The van der Waals surface area contributed by atoms with Crippen LogP contribution in [0, 0.1) is 0 Å². The number of nitrogens with one attached hydrogen (secondary N) is 1. The van der Waals surface area contributed by atoms with E-state index in [2.05, 4.69) is 4.72 Å². The summed E-state index contributed by atoms with van der Waals surface area (Å²) in [7, 11) is -6.61. The highest BCUT2D eigenvalue weighted by atomic mass is 32.2. The molecular weight excluding hydrogens is 288 g/mol. The van der Waals surface area contributed by atoms with Crippen molar-refractivity contribution in [2.45, 2.75) is 13.3 Å². The first-order valence-electron chi connectivity index (χ1n) is 5.95. The van der Waals surface area contributed by atoms with Crippen molar-refractivity contribution in [1.29, 1.82) is 0 Å². The van der Waals surface area contributed by atoms with E-state index in [0.717, 1.165) is 0 Å². The van der Waals surface area contributed by atoms with Crippen molar-refractivity contribution >= 4 is 31.4 Å². The fourth-order valence-corrected chi connectivity index (χ4v) is 4.09.